The van der Waals surface area contributed by atoms with E-state index < -0.39 is 0 Å². The smallest absolute Gasteiger partial charge is 0.245 e. The molecule has 1 atom stereocenters. The monoisotopic (exact) mass is 311 g/mol. The Morgan fingerprint density at radius 3 is 2.91 bits per heavy atom. The van der Waals surface area contributed by atoms with Crippen molar-refractivity contribution in [3.63, 3.8) is 0 Å². The van der Waals surface area contributed by atoms with E-state index in [9.17, 15) is 4.79 Å². The SMILES string of the molecule is CC[C@H](C(=O)NCc1nn(C)c2ccc(C)cc12)n1cccn1. The van der Waals surface area contributed by atoms with Gasteiger partial charge in [-0.25, -0.2) is 0 Å². The molecular formula is C17H21N5O. The van der Waals surface area contributed by atoms with Gasteiger partial charge in [0.25, 0.3) is 0 Å². The van der Waals surface area contributed by atoms with Crippen LogP contribution in [0, 0.1) is 6.92 Å². The van der Waals surface area contributed by atoms with E-state index in [0.29, 0.717) is 13.0 Å². The summed E-state index contributed by atoms with van der Waals surface area (Å²) in [4.78, 5) is 12.4. The third-order valence-electron chi connectivity index (χ3n) is 4.05. The Kier molecular flexibility index (Phi) is 4.14. The van der Waals surface area contributed by atoms with Crippen LogP contribution in [-0.4, -0.2) is 25.5 Å². The Morgan fingerprint density at radius 2 is 2.22 bits per heavy atom. The maximum atomic E-state index is 12.4. The largest absolute Gasteiger partial charge is 0.348 e. The molecule has 6 heteroatoms. The third-order valence-corrected chi connectivity index (χ3v) is 4.05. The van der Waals surface area contributed by atoms with Crippen molar-refractivity contribution in [1.29, 1.82) is 0 Å². The zero-order valence-corrected chi connectivity index (χ0v) is 13.7. The Bertz CT molecular complexity index is 819. The predicted molar refractivity (Wildman–Crippen MR) is 88.9 cm³/mol. The maximum absolute atomic E-state index is 12.4. The molecule has 0 unspecified atom stereocenters. The van der Waals surface area contributed by atoms with Gasteiger partial charge < -0.3 is 5.32 Å². The molecule has 1 aromatic carbocycles. The first-order chi connectivity index (χ1) is 11.1. The van der Waals surface area contributed by atoms with Crippen LogP contribution in [0.4, 0.5) is 0 Å². The van der Waals surface area contributed by atoms with E-state index >= 15 is 0 Å². The van der Waals surface area contributed by atoms with Crippen molar-refractivity contribution in [1.82, 2.24) is 24.9 Å². The average Bonchev–Trinajstić information content (AvgIpc) is 3.15. The normalized spacial score (nSPS) is 12.5. The summed E-state index contributed by atoms with van der Waals surface area (Å²) in [5.41, 5.74) is 3.13. The molecule has 1 amide bonds. The quantitative estimate of drug-likeness (QED) is 0.786. The third kappa shape index (κ3) is 2.97. The molecule has 3 aromatic rings. The minimum absolute atomic E-state index is 0.0392. The molecule has 0 saturated heterocycles. The number of aryl methyl sites for hydroxylation is 2. The molecule has 2 aromatic heterocycles. The Morgan fingerprint density at radius 1 is 1.39 bits per heavy atom. The molecule has 2 heterocycles. The average molecular weight is 311 g/mol. The van der Waals surface area contributed by atoms with E-state index in [1.165, 1.54) is 5.56 Å². The van der Waals surface area contributed by atoms with Crippen LogP contribution in [0.1, 0.15) is 30.6 Å². The van der Waals surface area contributed by atoms with Gasteiger partial charge in [0, 0.05) is 24.8 Å². The zero-order valence-electron chi connectivity index (χ0n) is 13.7. The van der Waals surface area contributed by atoms with Gasteiger partial charge >= 0.3 is 0 Å². The van der Waals surface area contributed by atoms with Crippen LogP contribution in [-0.2, 0) is 18.4 Å². The van der Waals surface area contributed by atoms with Crippen molar-refractivity contribution < 1.29 is 4.79 Å². The molecule has 0 spiro atoms. The molecule has 23 heavy (non-hydrogen) atoms. The fourth-order valence-electron chi connectivity index (χ4n) is 2.83. The molecule has 0 aliphatic rings. The summed E-state index contributed by atoms with van der Waals surface area (Å²) in [5, 5.41) is 12.8. The molecule has 0 aliphatic heterocycles. The Labute approximate surface area is 135 Å². The van der Waals surface area contributed by atoms with E-state index in [1.54, 1.807) is 10.9 Å². The van der Waals surface area contributed by atoms with E-state index in [-0.39, 0.29) is 11.9 Å². The molecule has 3 rings (SSSR count). The van der Waals surface area contributed by atoms with E-state index in [2.05, 4.69) is 40.6 Å². The minimum atomic E-state index is -0.290. The number of carbonyl (C=O) groups excluding carboxylic acids is 1. The molecule has 0 aliphatic carbocycles. The number of hydrogen-bond acceptors (Lipinski definition) is 3. The van der Waals surface area contributed by atoms with Gasteiger partial charge in [-0.2, -0.15) is 10.2 Å². The van der Waals surface area contributed by atoms with Gasteiger partial charge in [-0.1, -0.05) is 18.6 Å². The fraction of sp³-hybridized carbons (Fsp3) is 0.353. The topological polar surface area (TPSA) is 64.7 Å². The van der Waals surface area contributed by atoms with Crippen LogP contribution in [0.2, 0.25) is 0 Å². The van der Waals surface area contributed by atoms with E-state index in [4.69, 9.17) is 0 Å². The highest BCUT2D eigenvalue weighted by atomic mass is 16.2. The van der Waals surface area contributed by atoms with Crippen molar-refractivity contribution in [3.05, 3.63) is 47.9 Å². The molecule has 0 saturated carbocycles. The first-order valence-electron chi connectivity index (χ1n) is 7.79. The highest BCUT2D eigenvalue weighted by molar-refractivity contribution is 5.84. The number of rotatable bonds is 5. The van der Waals surface area contributed by atoms with Crippen LogP contribution in [0.5, 0.6) is 0 Å². The predicted octanol–water partition coefficient (Wildman–Crippen LogP) is 2.35. The first-order valence-corrected chi connectivity index (χ1v) is 7.79. The standard InChI is InChI=1S/C17H21N5O/c1-4-15(22-9-5-8-19-22)17(23)18-11-14-13-10-12(2)6-7-16(13)21(3)20-14/h5-10,15H,4,11H2,1-3H3,(H,18,23)/t15-/m1/s1. The van der Waals surface area contributed by atoms with E-state index in [1.807, 2.05) is 30.9 Å². The number of amides is 1. The Hall–Kier alpha value is -2.63. The van der Waals surface area contributed by atoms with Gasteiger partial charge in [0.05, 0.1) is 17.8 Å². The number of nitrogens with one attached hydrogen (secondary N) is 1. The number of hydrogen-bond donors (Lipinski definition) is 1. The number of benzene rings is 1. The summed E-state index contributed by atoms with van der Waals surface area (Å²) in [6, 6.07) is 7.76. The van der Waals surface area contributed by atoms with Crippen molar-refractivity contribution in [2.75, 3.05) is 0 Å². The van der Waals surface area contributed by atoms with Gasteiger partial charge in [-0.3, -0.25) is 14.2 Å². The van der Waals surface area contributed by atoms with Crippen LogP contribution in [0.15, 0.2) is 36.7 Å². The highest BCUT2D eigenvalue weighted by Crippen LogP contribution is 2.19. The second-order valence-corrected chi connectivity index (χ2v) is 5.72. The van der Waals surface area contributed by atoms with Gasteiger partial charge in [0.2, 0.25) is 5.91 Å². The summed E-state index contributed by atoms with van der Waals surface area (Å²) in [5.74, 6) is -0.0392. The lowest BCUT2D eigenvalue weighted by Crippen LogP contribution is -2.32. The number of fused-ring (bicyclic) bond motifs is 1. The molecule has 120 valence electrons. The van der Waals surface area contributed by atoms with Crippen LogP contribution in [0.3, 0.4) is 0 Å². The number of nitrogens with zero attached hydrogens (tertiary/aromatic N) is 4. The minimum Gasteiger partial charge on any atom is -0.348 e. The summed E-state index contributed by atoms with van der Waals surface area (Å²) in [6.45, 7) is 4.45. The number of aromatic nitrogens is 4. The first kappa shape index (κ1) is 15.3. The van der Waals surface area contributed by atoms with Gasteiger partial charge in [0.1, 0.15) is 6.04 Å². The van der Waals surface area contributed by atoms with Crippen molar-refractivity contribution >= 4 is 16.8 Å². The van der Waals surface area contributed by atoms with Crippen LogP contribution >= 0.6 is 0 Å². The lowest BCUT2D eigenvalue weighted by Gasteiger charge is -2.15. The second kappa shape index (κ2) is 6.24. The Balaban J connectivity index is 1.78. The molecule has 0 radical (unpaired) electrons. The van der Waals surface area contributed by atoms with Gasteiger partial charge in [-0.15, -0.1) is 0 Å². The number of carbonyl (C=O) groups is 1. The van der Waals surface area contributed by atoms with Crippen molar-refractivity contribution in [2.45, 2.75) is 32.9 Å². The van der Waals surface area contributed by atoms with Gasteiger partial charge in [-0.05, 0) is 31.5 Å². The fourth-order valence-corrected chi connectivity index (χ4v) is 2.83. The maximum Gasteiger partial charge on any atom is 0.245 e. The van der Waals surface area contributed by atoms with Crippen molar-refractivity contribution in [2.24, 2.45) is 7.05 Å². The van der Waals surface area contributed by atoms with Crippen LogP contribution < -0.4 is 5.32 Å². The summed E-state index contributed by atoms with van der Waals surface area (Å²) >= 11 is 0. The zero-order chi connectivity index (χ0) is 16.4. The summed E-state index contributed by atoms with van der Waals surface area (Å²) in [7, 11) is 1.92. The lowest BCUT2D eigenvalue weighted by atomic mass is 10.1. The van der Waals surface area contributed by atoms with E-state index in [0.717, 1.165) is 16.6 Å². The molecule has 0 bridgehead atoms. The second-order valence-electron chi connectivity index (χ2n) is 5.72. The molecule has 0 fully saturated rings. The molecule has 6 nitrogen and oxygen atoms in total. The highest BCUT2D eigenvalue weighted by Gasteiger charge is 2.19. The molecule has 1 N–H and O–H groups in total. The molecular weight excluding hydrogens is 290 g/mol. The summed E-state index contributed by atoms with van der Waals surface area (Å²) in [6.07, 6.45) is 4.19. The summed E-state index contributed by atoms with van der Waals surface area (Å²) < 4.78 is 3.54. The van der Waals surface area contributed by atoms with Gasteiger partial charge in [0.15, 0.2) is 0 Å². The lowest BCUT2D eigenvalue weighted by molar-refractivity contribution is -0.124. The van der Waals surface area contributed by atoms with Crippen molar-refractivity contribution in [3.8, 4) is 0 Å². The van der Waals surface area contributed by atoms with Crippen LogP contribution in [0.25, 0.3) is 10.9 Å².